The molecule has 5 nitrogen and oxygen atoms in total. The Hall–Kier alpha value is -1.47. The zero-order valence-electron chi connectivity index (χ0n) is 10.6. The molecule has 3 heterocycles. The molecule has 0 spiro atoms. The predicted molar refractivity (Wildman–Crippen MR) is 75.4 cm³/mol. The lowest BCUT2D eigenvalue weighted by Gasteiger charge is -2.27. The summed E-state index contributed by atoms with van der Waals surface area (Å²) in [6.07, 6.45) is 3.63. The van der Waals surface area contributed by atoms with Crippen molar-refractivity contribution in [2.45, 2.75) is 18.5 Å². The summed E-state index contributed by atoms with van der Waals surface area (Å²) in [6.45, 7) is 0.532. The summed E-state index contributed by atoms with van der Waals surface area (Å²) in [5.41, 5.74) is -1.18. The Bertz CT molecular complexity index is 652. The summed E-state index contributed by atoms with van der Waals surface area (Å²) in [7, 11) is 0. The number of hydrogen-bond acceptors (Lipinski definition) is 3. The average molecular weight is 342 g/mol. The first kappa shape index (κ1) is 13.5. The largest absolute Gasteiger partial charge is 0.381 e. The summed E-state index contributed by atoms with van der Waals surface area (Å²) in [5.74, 6) is -0.306. The van der Waals surface area contributed by atoms with Crippen LogP contribution in [0.15, 0.2) is 29.0 Å². The fraction of sp³-hybridized carbons (Fsp3) is 0.385. The number of imidazole rings is 1. The van der Waals surface area contributed by atoms with Gasteiger partial charge in [0.25, 0.3) is 5.91 Å². The number of nitrogens with one attached hydrogen (secondary N) is 1. The van der Waals surface area contributed by atoms with Crippen LogP contribution < -0.4 is 5.32 Å². The molecule has 2 aromatic rings. The minimum Gasteiger partial charge on any atom is -0.381 e. The molecule has 1 fully saturated rings. The van der Waals surface area contributed by atoms with Gasteiger partial charge in [-0.05, 0) is 28.1 Å². The van der Waals surface area contributed by atoms with Crippen LogP contribution in [0.5, 0.6) is 0 Å². The van der Waals surface area contributed by atoms with Crippen LogP contribution in [0.1, 0.15) is 12.8 Å². The molecule has 2 aromatic heterocycles. The number of pyridine rings is 1. The molecule has 0 bridgehead atoms. The molecule has 3 rings (SSSR count). The fourth-order valence-electron chi connectivity index (χ4n) is 2.18. The number of alkyl halides is 1. The van der Waals surface area contributed by atoms with E-state index >= 15 is 0 Å². The lowest BCUT2D eigenvalue weighted by molar-refractivity contribution is -0.133. The van der Waals surface area contributed by atoms with Crippen LogP contribution in [0.3, 0.4) is 0 Å². The minimum atomic E-state index is -1.87. The first-order chi connectivity index (χ1) is 9.57. The van der Waals surface area contributed by atoms with E-state index in [1.165, 1.54) is 0 Å². The molecule has 0 aromatic carbocycles. The molecule has 1 N–H and O–H groups in total. The zero-order valence-corrected chi connectivity index (χ0v) is 12.2. The number of carbonyl (C=O) groups excluding carboxylic acids is 1. The van der Waals surface area contributed by atoms with Gasteiger partial charge in [-0.1, -0.05) is 0 Å². The quantitative estimate of drug-likeness (QED) is 0.913. The molecule has 0 unspecified atom stereocenters. The maximum absolute atomic E-state index is 14.4. The molecular weight excluding hydrogens is 329 g/mol. The van der Waals surface area contributed by atoms with Crippen molar-refractivity contribution < 1.29 is 13.9 Å². The molecule has 0 saturated carbocycles. The van der Waals surface area contributed by atoms with Crippen molar-refractivity contribution in [2.75, 3.05) is 18.5 Å². The molecule has 0 aliphatic carbocycles. The Labute approximate surface area is 123 Å². The highest BCUT2D eigenvalue weighted by Crippen LogP contribution is 2.27. The molecule has 0 radical (unpaired) electrons. The maximum Gasteiger partial charge on any atom is 0.263 e. The minimum absolute atomic E-state index is 0.0811. The standard InChI is InChI=1S/C13H13BrFN3O2/c14-9-1-2-11-16-10(8-18(11)7-9)17-12(19)13(15)3-5-20-6-4-13/h1-2,7-8H,3-6H2,(H,17,19). The van der Waals surface area contributed by atoms with Crippen molar-refractivity contribution in [2.24, 2.45) is 0 Å². The van der Waals surface area contributed by atoms with Crippen molar-refractivity contribution in [3.8, 4) is 0 Å². The lowest BCUT2D eigenvalue weighted by Crippen LogP contribution is -2.43. The van der Waals surface area contributed by atoms with Gasteiger partial charge in [0.05, 0.1) is 19.4 Å². The van der Waals surface area contributed by atoms with Crippen molar-refractivity contribution in [3.05, 3.63) is 29.0 Å². The van der Waals surface area contributed by atoms with Crippen molar-refractivity contribution >= 4 is 33.3 Å². The van der Waals surface area contributed by atoms with Gasteiger partial charge in [-0.3, -0.25) is 4.79 Å². The van der Waals surface area contributed by atoms with Gasteiger partial charge in [0.1, 0.15) is 5.65 Å². The monoisotopic (exact) mass is 341 g/mol. The van der Waals surface area contributed by atoms with E-state index in [2.05, 4.69) is 26.2 Å². The van der Waals surface area contributed by atoms with Crippen LogP contribution in [-0.2, 0) is 9.53 Å². The molecular formula is C13H13BrFN3O2. The number of fused-ring (bicyclic) bond motifs is 1. The number of nitrogens with zero attached hydrogens (tertiary/aromatic N) is 2. The SMILES string of the molecule is O=C(Nc1cn2cc(Br)ccc2n1)C1(F)CCOCC1. The molecule has 1 aliphatic rings. The number of aromatic nitrogens is 2. The number of hydrogen-bond donors (Lipinski definition) is 1. The summed E-state index contributed by atoms with van der Waals surface area (Å²) < 4.78 is 22.2. The summed E-state index contributed by atoms with van der Waals surface area (Å²) >= 11 is 3.35. The number of amides is 1. The van der Waals surface area contributed by atoms with E-state index in [-0.39, 0.29) is 26.1 Å². The Morgan fingerprint density at radius 1 is 1.40 bits per heavy atom. The zero-order chi connectivity index (χ0) is 14.2. The van der Waals surface area contributed by atoms with Crippen LogP contribution in [0.25, 0.3) is 5.65 Å². The van der Waals surface area contributed by atoms with Gasteiger partial charge >= 0.3 is 0 Å². The molecule has 1 saturated heterocycles. The van der Waals surface area contributed by atoms with E-state index in [1.807, 2.05) is 12.3 Å². The summed E-state index contributed by atoms with van der Waals surface area (Å²) in [4.78, 5) is 16.3. The topological polar surface area (TPSA) is 55.6 Å². The molecule has 0 atom stereocenters. The normalized spacial score (nSPS) is 18.1. The summed E-state index contributed by atoms with van der Waals surface area (Å²) in [5, 5.41) is 2.54. The second-order valence-corrected chi connectivity index (χ2v) is 5.69. The van der Waals surface area contributed by atoms with Gasteiger partial charge in [0.15, 0.2) is 11.5 Å². The summed E-state index contributed by atoms with van der Waals surface area (Å²) in [6, 6.07) is 3.66. The molecule has 1 amide bonds. The van der Waals surface area contributed by atoms with E-state index in [0.29, 0.717) is 11.5 Å². The van der Waals surface area contributed by atoms with Crippen LogP contribution in [0.4, 0.5) is 10.2 Å². The van der Waals surface area contributed by atoms with Crippen molar-refractivity contribution in [1.82, 2.24) is 9.38 Å². The number of halogens is 2. The first-order valence-corrected chi connectivity index (χ1v) is 7.08. The molecule has 106 valence electrons. The van der Waals surface area contributed by atoms with E-state index in [4.69, 9.17) is 4.74 Å². The van der Waals surface area contributed by atoms with Gasteiger partial charge in [-0.25, -0.2) is 9.37 Å². The number of ether oxygens (including phenoxy) is 1. The highest BCUT2D eigenvalue weighted by molar-refractivity contribution is 9.10. The van der Waals surface area contributed by atoms with E-state index < -0.39 is 11.6 Å². The molecule has 20 heavy (non-hydrogen) atoms. The van der Waals surface area contributed by atoms with E-state index in [0.717, 1.165) is 4.47 Å². The smallest absolute Gasteiger partial charge is 0.263 e. The third-order valence-corrected chi connectivity index (χ3v) is 3.82. The third-order valence-electron chi connectivity index (χ3n) is 3.35. The van der Waals surface area contributed by atoms with Gasteiger partial charge in [-0.2, -0.15) is 0 Å². The first-order valence-electron chi connectivity index (χ1n) is 6.29. The Balaban J connectivity index is 1.80. The molecule has 7 heteroatoms. The highest BCUT2D eigenvalue weighted by atomic mass is 79.9. The molecule has 1 aliphatic heterocycles. The fourth-order valence-corrected chi connectivity index (χ4v) is 2.53. The van der Waals surface area contributed by atoms with Crippen LogP contribution >= 0.6 is 15.9 Å². The van der Waals surface area contributed by atoms with Gasteiger partial charge in [-0.15, -0.1) is 0 Å². The number of rotatable bonds is 2. The number of anilines is 1. The van der Waals surface area contributed by atoms with Gasteiger partial charge < -0.3 is 14.5 Å². The van der Waals surface area contributed by atoms with Crippen molar-refractivity contribution in [1.29, 1.82) is 0 Å². The van der Waals surface area contributed by atoms with E-state index in [9.17, 15) is 9.18 Å². The second-order valence-electron chi connectivity index (χ2n) is 4.77. The average Bonchev–Trinajstić information content (AvgIpc) is 2.81. The Kier molecular flexibility index (Phi) is 3.47. The van der Waals surface area contributed by atoms with Crippen LogP contribution in [0.2, 0.25) is 0 Å². The van der Waals surface area contributed by atoms with Gasteiger partial charge in [0.2, 0.25) is 0 Å². The van der Waals surface area contributed by atoms with Gasteiger partial charge in [0, 0.05) is 23.5 Å². The van der Waals surface area contributed by atoms with E-state index in [1.54, 1.807) is 16.7 Å². The lowest BCUT2D eigenvalue weighted by atomic mass is 9.95. The Morgan fingerprint density at radius 3 is 2.90 bits per heavy atom. The Morgan fingerprint density at radius 2 is 2.15 bits per heavy atom. The predicted octanol–water partition coefficient (Wildman–Crippen LogP) is 2.55. The van der Waals surface area contributed by atoms with Crippen molar-refractivity contribution in [3.63, 3.8) is 0 Å². The van der Waals surface area contributed by atoms with Crippen LogP contribution in [0, 0.1) is 0 Å². The maximum atomic E-state index is 14.4. The third kappa shape index (κ3) is 2.55. The van der Waals surface area contributed by atoms with Crippen LogP contribution in [-0.4, -0.2) is 34.2 Å². The highest BCUT2D eigenvalue weighted by Gasteiger charge is 2.40. The second kappa shape index (κ2) is 5.14. The number of carbonyl (C=O) groups is 1.